The van der Waals surface area contributed by atoms with E-state index in [1.165, 1.54) is 0 Å². The first-order valence-electron chi connectivity index (χ1n) is 5.35. The molecule has 1 aromatic carbocycles. The Morgan fingerprint density at radius 2 is 2.18 bits per heavy atom. The van der Waals surface area contributed by atoms with Crippen LogP contribution in [0.25, 0.3) is 11.1 Å². The van der Waals surface area contributed by atoms with Crippen molar-refractivity contribution in [2.24, 2.45) is 0 Å². The molecule has 17 heavy (non-hydrogen) atoms. The Hall–Kier alpha value is -1.56. The van der Waals surface area contributed by atoms with Gasteiger partial charge < -0.3 is 10.2 Å². The van der Waals surface area contributed by atoms with Crippen LogP contribution in [0.15, 0.2) is 22.6 Å². The molecule has 0 spiro atoms. The molecular formula is C11H14N2O3S. The van der Waals surface area contributed by atoms with Crippen molar-refractivity contribution in [3.63, 3.8) is 0 Å². The van der Waals surface area contributed by atoms with Gasteiger partial charge in [0.05, 0.1) is 5.75 Å². The number of nitrogen functional groups attached to an aromatic ring is 1. The zero-order chi connectivity index (χ0) is 12.5. The van der Waals surface area contributed by atoms with E-state index in [2.05, 4.69) is 4.98 Å². The Labute approximate surface area is 99.6 Å². The van der Waals surface area contributed by atoms with Gasteiger partial charge in [0, 0.05) is 11.8 Å². The van der Waals surface area contributed by atoms with Gasteiger partial charge in [-0.2, -0.15) is 0 Å². The van der Waals surface area contributed by atoms with Crippen molar-refractivity contribution in [1.82, 2.24) is 4.98 Å². The molecule has 6 heteroatoms. The first kappa shape index (κ1) is 11.9. The van der Waals surface area contributed by atoms with E-state index in [1.54, 1.807) is 18.2 Å². The molecule has 0 aliphatic rings. The van der Waals surface area contributed by atoms with Crippen LogP contribution >= 0.6 is 0 Å². The summed E-state index contributed by atoms with van der Waals surface area (Å²) in [5.41, 5.74) is 7.31. The largest absolute Gasteiger partial charge is 0.440 e. The lowest BCUT2D eigenvalue weighted by atomic mass is 10.3. The van der Waals surface area contributed by atoms with Crippen molar-refractivity contribution in [2.75, 3.05) is 11.5 Å². The van der Waals surface area contributed by atoms with E-state index in [1.807, 2.05) is 6.92 Å². The molecule has 0 radical (unpaired) electrons. The molecule has 1 aromatic heterocycles. The number of nitrogens with two attached hydrogens (primary N) is 1. The van der Waals surface area contributed by atoms with Crippen molar-refractivity contribution >= 4 is 26.6 Å². The van der Waals surface area contributed by atoms with E-state index in [0.29, 0.717) is 23.2 Å². The summed E-state index contributed by atoms with van der Waals surface area (Å²) < 4.78 is 28.6. The predicted octanol–water partition coefficient (Wildman–Crippen LogP) is 1.73. The summed E-state index contributed by atoms with van der Waals surface area (Å²) in [7, 11) is -3.13. The molecule has 2 N–H and O–H groups in total. The minimum atomic E-state index is -3.13. The SMILES string of the molecule is CCCS(=O)(=O)Cc1nc2ccc(N)cc2o1. The first-order valence-corrected chi connectivity index (χ1v) is 7.17. The normalized spacial score (nSPS) is 12.1. The van der Waals surface area contributed by atoms with E-state index in [9.17, 15) is 8.42 Å². The number of hydrogen-bond donors (Lipinski definition) is 1. The van der Waals surface area contributed by atoms with Gasteiger partial charge in [-0.05, 0) is 18.6 Å². The lowest BCUT2D eigenvalue weighted by Gasteiger charge is -1.97. The summed E-state index contributed by atoms with van der Waals surface area (Å²) in [5, 5.41) is 0. The lowest BCUT2D eigenvalue weighted by molar-refractivity contribution is 0.540. The number of hydrogen-bond acceptors (Lipinski definition) is 5. The second-order valence-corrected chi connectivity index (χ2v) is 6.11. The van der Waals surface area contributed by atoms with Gasteiger partial charge in [0.25, 0.3) is 0 Å². The number of anilines is 1. The molecule has 2 aromatic rings. The third kappa shape index (κ3) is 2.76. The molecule has 1 heterocycles. The Bertz CT molecular complexity index is 631. The van der Waals surface area contributed by atoms with E-state index in [4.69, 9.17) is 10.2 Å². The highest BCUT2D eigenvalue weighted by molar-refractivity contribution is 7.90. The maximum absolute atomic E-state index is 11.6. The number of sulfone groups is 1. The molecule has 0 aliphatic carbocycles. The number of nitrogens with zero attached hydrogens (tertiary/aromatic N) is 1. The van der Waals surface area contributed by atoms with Crippen molar-refractivity contribution in [2.45, 2.75) is 19.1 Å². The van der Waals surface area contributed by atoms with Crippen LogP contribution in [0.4, 0.5) is 5.69 Å². The highest BCUT2D eigenvalue weighted by atomic mass is 32.2. The smallest absolute Gasteiger partial charge is 0.210 e. The van der Waals surface area contributed by atoms with Crippen LogP contribution < -0.4 is 5.73 Å². The second-order valence-electron chi connectivity index (χ2n) is 3.93. The minimum absolute atomic E-state index is 0.147. The average Bonchev–Trinajstić information content (AvgIpc) is 2.57. The fourth-order valence-corrected chi connectivity index (χ4v) is 2.89. The second kappa shape index (κ2) is 4.37. The molecule has 0 unspecified atom stereocenters. The van der Waals surface area contributed by atoms with Crippen molar-refractivity contribution in [3.05, 3.63) is 24.1 Å². The van der Waals surface area contributed by atoms with Gasteiger partial charge in [-0.3, -0.25) is 0 Å². The molecular weight excluding hydrogens is 240 g/mol. The molecule has 92 valence electrons. The third-order valence-corrected chi connectivity index (χ3v) is 4.03. The van der Waals surface area contributed by atoms with Gasteiger partial charge in [-0.15, -0.1) is 0 Å². The van der Waals surface area contributed by atoms with Crippen LogP contribution in [0.5, 0.6) is 0 Å². The zero-order valence-corrected chi connectivity index (χ0v) is 10.3. The van der Waals surface area contributed by atoms with Crippen LogP contribution in [-0.2, 0) is 15.6 Å². The van der Waals surface area contributed by atoms with Crippen LogP contribution in [0.3, 0.4) is 0 Å². The molecule has 2 rings (SSSR count). The van der Waals surface area contributed by atoms with Crippen LogP contribution in [0, 0.1) is 0 Å². The van der Waals surface area contributed by atoms with Gasteiger partial charge in [-0.25, -0.2) is 13.4 Å². The quantitative estimate of drug-likeness (QED) is 0.840. The van der Waals surface area contributed by atoms with Crippen LogP contribution in [0.2, 0.25) is 0 Å². The summed E-state index contributed by atoms with van der Waals surface area (Å²) in [4.78, 5) is 4.12. The molecule has 0 amide bonds. The van der Waals surface area contributed by atoms with Gasteiger partial charge in [0.2, 0.25) is 5.89 Å². The average molecular weight is 254 g/mol. The van der Waals surface area contributed by atoms with Gasteiger partial charge in [-0.1, -0.05) is 6.92 Å². The lowest BCUT2D eigenvalue weighted by Crippen LogP contribution is -2.08. The number of rotatable bonds is 4. The minimum Gasteiger partial charge on any atom is -0.440 e. The Kier molecular flexibility index (Phi) is 3.06. The predicted molar refractivity (Wildman–Crippen MR) is 66.2 cm³/mol. The number of fused-ring (bicyclic) bond motifs is 1. The van der Waals surface area contributed by atoms with Crippen molar-refractivity contribution in [3.8, 4) is 0 Å². The number of aromatic nitrogens is 1. The Morgan fingerprint density at radius 3 is 2.88 bits per heavy atom. The summed E-state index contributed by atoms with van der Waals surface area (Å²) in [6.45, 7) is 1.82. The van der Waals surface area contributed by atoms with E-state index >= 15 is 0 Å². The molecule has 5 nitrogen and oxygen atoms in total. The standard InChI is InChI=1S/C11H14N2O3S/c1-2-5-17(14,15)7-11-13-9-4-3-8(12)6-10(9)16-11/h3-4,6H,2,5,7,12H2,1H3. The molecule has 0 saturated heterocycles. The fraction of sp³-hybridized carbons (Fsp3) is 0.364. The number of benzene rings is 1. The zero-order valence-electron chi connectivity index (χ0n) is 9.51. The van der Waals surface area contributed by atoms with E-state index in [0.717, 1.165) is 0 Å². The summed E-state index contributed by atoms with van der Waals surface area (Å²) in [6, 6.07) is 5.05. The Balaban J connectivity index is 2.31. The Morgan fingerprint density at radius 1 is 1.41 bits per heavy atom. The topological polar surface area (TPSA) is 86.2 Å². The molecule has 0 atom stereocenters. The van der Waals surface area contributed by atoms with Gasteiger partial charge >= 0.3 is 0 Å². The molecule has 0 saturated carbocycles. The summed E-state index contributed by atoms with van der Waals surface area (Å²) >= 11 is 0. The molecule has 0 fully saturated rings. The monoisotopic (exact) mass is 254 g/mol. The van der Waals surface area contributed by atoms with Crippen LogP contribution in [0.1, 0.15) is 19.2 Å². The van der Waals surface area contributed by atoms with Crippen LogP contribution in [-0.4, -0.2) is 19.2 Å². The summed E-state index contributed by atoms with van der Waals surface area (Å²) in [5.74, 6) is 0.211. The fourth-order valence-electron chi connectivity index (χ4n) is 1.62. The van der Waals surface area contributed by atoms with E-state index < -0.39 is 9.84 Å². The van der Waals surface area contributed by atoms with E-state index in [-0.39, 0.29) is 17.4 Å². The summed E-state index contributed by atoms with van der Waals surface area (Å²) in [6.07, 6.45) is 0.593. The highest BCUT2D eigenvalue weighted by Crippen LogP contribution is 2.19. The van der Waals surface area contributed by atoms with Gasteiger partial charge in [0.1, 0.15) is 11.3 Å². The highest BCUT2D eigenvalue weighted by Gasteiger charge is 2.15. The van der Waals surface area contributed by atoms with Gasteiger partial charge in [0.15, 0.2) is 15.4 Å². The first-order chi connectivity index (χ1) is 8.00. The van der Waals surface area contributed by atoms with Crippen molar-refractivity contribution < 1.29 is 12.8 Å². The molecule has 0 aliphatic heterocycles. The maximum atomic E-state index is 11.6. The maximum Gasteiger partial charge on any atom is 0.210 e. The number of oxazole rings is 1. The van der Waals surface area contributed by atoms with Crippen molar-refractivity contribution in [1.29, 1.82) is 0 Å². The third-order valence-electron chi connectivity index (χ3n) is 2.32. The molecule has 0 bridgehead atoms.